The van der Waals surface area contributed by atoms with Crippen molar-refractivity contribution in [3.8, 4) is 17.2 Å². The quantitative estimate of drug-likeness (QED) is 0.296. The highest BCUT2D eigenvalue weighted by atomic mass is 16.7. The van der Waals surface area contributed by atoms with Crippen molar-refractivity contribution in [3.05, 3.63) is 59.7 Å². The van der Waals surface area contributed by atoms with E-state index in [2.05, 4.69) is 68.4 Å². The minimum Gasteiger partial charge on any atom is -0.348 e. The highest BCUT2D eigenvalue weighted by molar-refractivity contribution is 5.64. The van der Waals surface area contributed by atoms with Gasteiger partial charge >= 0.3 is 0 Å². The molecule has 3 nitrogen and oxygen atoms in total. The van der Waals surface area contributed by atoms with Gasteiger partial charge in [-0.25, -0.2) is 0 Å². The van der Waals surface area contributed by atoms with Crippen LogP contribution in [0.3, 0.4) is 0 Å². The van der Waals surface area contributed by atoms with Crippen LogP contribution in [0.4, 0.5) is 0 Å². The molecule has 1 saturated heterocycles. The molecule has 1 saturated carbocycles. The molecule has 36 heavy (non-hydrogen) atoms. The van der Waals surface area contributed by atoms with Gasteiger partial charge in [-0.1, -0.05) is 101 Å². The number of hydrogen-bond donors (Lipinski definition) is 0. The molecule has 0 amide bonds. The van der Waals surface area contributed by atoms with E-state index in [0.717, 1.165) is 50.9 Å². The minimum absolute atomic E-state index is 0.0763. The van der Waals surface area contributed by atoms with Crippen molar-refractivity contribution in [2.24, 2.45) is 11.3 Å². The molecule has 1 aliphatic carbocycles. The summed E-state index contributed by atoms with van der Waals surface area (Å²) in [4.78, 5) is 0. The standard InChI is InChI=1S/C33H45NO2/c1-3-5-6-7-8-20-33(25-34)21-18-30(19-22-33)29-12-10-27(11-13-29)28-14-16-31(17-15-28)32-35-23-26(9-4-2)24-36-32/h10-17,26,30,32H,3-9,18-24H2,1-2H3. The molecule has 1 heterocycles. The average molecular weight is 488 g/mol. The lowest BCUT2D eigenvalue weighted by Gasteiger charge is -2.35. The van der Waals surface area contributed by atoms with E-state index >= 15 is 0 Å². The molecule has 2 fully saturated rings. The first kappa shape index (κ1) is 26.9. The van der Waals surface area contributed by atoms with Crippen molar-refractivity contribution in [2.75, 3.05) is 13.2 Å². The Morgan fingerprint density at radius 3 is 1.92 bits per heavy atom. The number of nitriles is 1. The van der Waals surface area contributed by atoms with Crippen LogP contribution in [0.1, 0.15) is 114 Å². The van der Waals surface area contributed by atoms with Crippen LogP contribution in [0.25, 0.3) is 11.1 Å². The maximum atomic E-state index is 9.93. The first-order valence-corrected chi connectivity index (χ1v) is 14.5. The van der Waals surface area contributed by atoms with Crippen molar-refractivity contribution >= 4 is 0 Å². The van der Waals surface area contributed by atoms with Gasteiger partial charge in [0.25, 0.3) is 0 Å². The number of rotatable bonds is 11. The van der Waals surface area contributed by atoms with Gasteiger partial charge in [-0.05, 0) is 61.1 Å². The van der Waals surface area contributed by atoms with E-state index in [1.807, 2.05) is 0 Å². The smallest absolute Gasteiger partial charge is 0.183 e. The molecule has 0 N–H and O–H groups in total. The molecule has 2 aliphatic rings. The molecule has 0 aromatic heterocycles. The topological polar surface area (TPSA) is 42.2 Å². The van der Waals surface area contributed by atoms with Gasteiger partial charge in [-0.2, -0.15) is 5.26 Å². The number of benzene rings is 2. The summed E-state index contributed by atoms with van der Waals surface area (Å²) in [6, 6.07) is 20.5. The van der Waals surface area contributed by atoms with E-state index < -0.39 is 0 Å². The van der Waals surface area contributed by atoms with E-state index in [-0.39, 0.29) is 11.7 Å². The van der Waals surface area contributed by atoms with Crippen LogP contribution < -0.4 is 0 Å². The Hall–Kier alpha value is -2.15. The SMILES string of the molecule is CCCCCCCC1(C#N)CCC(c2ccc(-c3ccc(C4OCC(CCC)CO4)cc3)cc2)CC1. The lowest BCUT2D eigenvalue weighted by Crippen LogP contribution is -2.26. The third-order valence-corrected chi connectivity index (χ3v) is 8.50. The van der Waals surface area contributed by atoms with E-state index in [1.54, 1.807) is 0 Å². The third kappa shape index (κ3) is 6.99. The van der Waals surface area contributed by atoms with Crippen molar-refractivity contribution in [1.29, 1.82) is 5.26 Å². The second kappa shape index (κ2) is 13.4. The van der Waals surface area contributed by atoms with Crippen LogP contribution in [0.2, 0.25) is 0 Å². The highest BCUT2D eigenvalue weighted by Crippen LogP contribution is 2.46. The van der Waals surface area contributed by atoms with Crippen LogP contribution in [0.15, 0.2) is 48.5 Å². The lowest BCUT2D eigenvalue weighted by atomic mass is 9.67. The maximum Gasteiger partial charge on any atom is 0.183 e. The fraction of sp³-hybridized carbons (Fsp3) is 0.606. The molecule has 0 radical (unpaired) electrons. The van der Waals surface area contributed by atoms with E-state index in [1.165, 1.54) is 61.6 Å². The summed E-state index contributed by atoms with van der Waals surface area (Å²) in [5, 5.41) is 9.93. The number of hydrogen-bond acceptors (Lipinski definition) is 3. The first-order valence-electron chi connectivity index (χ1n) is 14.5. The summed E-state index contributed by atoms with van der Waals surface area (Å²) in [5.74, 6) is 1.11. The van der Waals surface area contributed by atoms with Crippen LogP contribution in [-0.4, -0.2) is 13.2 Å². The van der Waals surface area contributed by atoms with Gasteiger partial charge < -0.3 is 9.47 Å². The summed E-state index contributed by atoms with van der Waals surface area (Å²) in [7, 11) is 0. The normalized spacial score (nSPS) is 26.4. The molecule has 194 valence electrons. The van der Waals surface area contributed by atoms with Crippen LogP contribution in [-0.2, 0) is 9.47 Å². The van der Waals surface area contributed by atoms with E-state index in [9.17, 15) is 5.26 Å². The molecule has 4 rings (SSSR count). The summed E-state index contributed by atoms with van der Waals surface area (Å²) in [5.41, 5.74) is 4.91. The monoisotopic (exact) mass is 487 g/mol. The summed E-state index contributed by atoms with van der Waals surface area (Å²) in [6.45, 7) is 6.04. The molecular weight excluding hydrogens is 442 g/mol. The number of unbranched alkanes of at least 4 members (excludes halogenated alkanes) is 4. The van der Waals surface area contributed by atoms with Gasteiger partial charge in [-0.15, -0.1) is 0 Å². The fourth-order valence-electron chi connectivity index (χ4n) is 6.08. The third-order valence-electron chi connectivity index (χ3n) is 8.50. The van der Waals surface area contributed by atoms with Crippen molar-refractivity contribution in [1.82, 2.24) is 0 Å². The summed E-state index contributed by atoms with van der Waals surface area (Å²) >= 11 is 0. The molecule has 0 spiro atoms. The Kier molecular flexibility index (Phi) is 10.0. The molecule has 0 bridgehead atoms. The Balaban J connectivity index is 1.28. The lowest BCUT2D eigenvalue weighted by molar-refractivity contribution is -0.206. The second-order valence-electron chi connectivity index (χ2n) is 11.2. The number of ether oxygens (including phenoxy) is 2. The molecular formula is C33H45NO2. The van der Waals surface area contributed by atoms with Crippen LogP contribution in [0.5, 0.6) is 0 Å². The Morgan fingerprint density at radius 2 is 1.36 bits per heavy atom. The number of nitrogens with zero attached hydrogens (tertiary/aromatic N) is 1. The van der Waals surface area contributed by atoms with Crippen LogP contribution in [0, 0.1) is 22.7 Å². The Labute approximate surface area is 219 Å². The summed E-state index contributed by atoms with van der Waals surface area (Å²) in [6.07, 6.45) is 14.0. The zero-order valence-corrected chi connectivity index (χ0v) is 22.5. The van der Waals surface area contributed by atoms with E-state index in [0.29, 0.717) is 11.8 Å². The summed E-state index contributed by atoms with van der Waals surface area (Å²) < 4.78 is 12.0. The molecule has 0 unspecified atom stereocenters. The highest BCUT2D eigenvalue weighted by Gasteiger charge is 2.35. The predicted molar refractivity (Wildman–Crippen MR) is 148 cm³/mol. The van der Waals surface area contributed by atoms with Gasteiger partial charge in [-0.3, -0.25) is 0 Å². The van der Waals surface area contributed by atoms with Gasteiger partial charge in [0.15, 0.2) is 6.29 Å². The van der Waals surface area contributed by atoms with Gasteiger partial charge in [0.2, 0.25) is 0 Å². The van der Waals surface area contributed by atoms with Gasteiger partial charge in [0.1, 0.15) is 0 Å². The molecule has 2 aromatic rings. The second-order valence-corrected chi connectivity index (χ2v) is 11.2. The zero-order chi connectivity index (χ0) is 25.2. The van der Waals surface area contributed by atoms with E-state index in [4.69, 9.17) is 9.47 Å². The zero-order valence-electron chi connectivity index (χ0n) is 22.5. The minimum atomic E-state index is -0.238. The Morgan fingerprint density at radius 1 is 0.778 bits per heavy atom. The van der Waals surface area contributed by atoms with Gasteiger partial charge in [0.05, 0.1) is 24.7 Å². The van der Waals surface area contributed by atoms with Crippen molar-refractivity contribution < 1.29 is 9.47 Å². The first-order chi connectivity index (χ1) is 17.7. The largest absolute Gasteiger partial charge is 0.348 e. The maximum absolute atomic E-state index is 9.93. The fourth-order valence-corrected chi connectivity index (χ4v) is 6.08. The molecule has 2 aromatic carbocycles. The van der Waals surface area contributed by atoms with Crippen molar-refractivity contribution in [2.45, 2.75) is 103 Å². The molecule has 3 heteroatoms. The molecule has 0 atom stereocenters. The predicted octanol–water partition coefficient (Wildman–Crippen LogP) is 9.34. The average Bonchev–Trinajstić information content (AvgIpc) is 2.94. The van der Waals surface area contributed by atoms with Gasteiger partial charge in [0, 0.05) is 11.5 Å². The molecule has 1 aliphatic heterocycles. The van der Waals surface area contributed by atoms with Crippen molar-refractivity contribution in [3.63, 3.8) is 0 Å². The van der Waals surface area contributed by atoms with Crippen LogP contribution >= 0.6 is 0 Å². The Bertz CT molecular complexity index is 943.